The summed E-state index contributed by atoms with van der Waals surface area (Å²) in [6, 6.07) is 3.51. The van der Waals surface area contributed by atoms with Crippen molar-refractivity contribution in [1.82, 2.24) is 14.8 Å². The fourth-order valence-electron chi connectivity index (χ4n) is 2.01. The average Bonchev–Trinajstić information content (AvgIpc) is 2.46. The lowest BCUT2D eigenvalue weighted by Crippen LogP contribution is -2.48. The van der Waals surface area contributed by atoms with Crippen molar-refractivity contribution < 1.29 is 9.59 Å². The number of nitrogens with zero attached hydrogens (tertiary/aromatic N) is 4. The molecule has 1 fully saturated rings. The van der Waals surface area contributed by atoms with E-state index in [1.807, 2.05) is 19.0 Å². The van der Waals surface area contributed by atoms with Gasteiger partial charge in [0.2, 0.25) is 6.41 Å². The van der Waals surface area contributed by atoms with Crippen LogP contribution in [0.2, 0.25) is 0 Å². The van der Waals surface area contributed by atoms with Gasteiger partial charge >= 0.3 is 0 Å². The summed E-state index contributed by atoms with van der Waals surface area (Å²) in [5, 5.41) is 0. The fourth-order valence-corrected chi connectivity index (χ4v) is 2.01. The highest BCUT2D eigenvalue weighted by Gasteiger charge is 2.21. The number of carbonyl (C=O) groups excluding carboxylic acids is 2. The van der Waals surface area contributed by atoms with E-state index in [1.54, 1.807) is 28.1 Å². The van der Waals surface area contributed by atoms with Crippen molar-refractivity contribution in [2.45, 2.75) is 0 Å². The molecule has 0 N–H and O–H groups in total. The van der Waals surface area contributed by atoms with Crippen LogP contribution in [-0.2, 0) is 4.79 Å². The smallest absolute Gasteiger partial charge is 0.254 e. The molecule has 2 rings (SSSR count). The van der Waals surface area contributed by atoms with E-state index in [1.165, 1.54) is 0 Å². The van der Waals surface area contributed by atoms with Crippen LogP contribution in [0.4, 0.5) is 5.82 Å². The molecule has 0 aliphatic carbocycles. The standard InChI is InChI=1S/C13H18N4O2/c1-15(2)12-9-11(3-4-14-12)13(19)17-7-5-16(10-18)6-8-17/h3-4,9-10H,5-8H2,1-2H3. The highest BCUT2D eigenvalue weighted by Crippen LogP contribution is 2.13. The Kier molecular flexibility index (Phi) is 3.99. The topological polar surface area (TPSA) is 56.8 Å². The Morgan fingerprint density at radius 3 is 2.58 bits per heavy atom. The molecule has 0 radical (unpaired) electrons. The number of hydrogen-bond donors (Lipinski definition) is 0. The number of hydrogen-bond acceptors (Lipinski definition) is 4. The van der Waals surface area contributed by atoms with E-state index in [4.69, 9.17) is 0 Å². The molecule has 102 valence electrons. The molecule has 19 heavy (non-hydrogen) atoms. The Hall–Kier alpha value is -2.11. The number of pyridine rings is 1. The zero-order valence-electron chi connectivity index (χ0n) is 11.2. The van der Waals surface area contributed by atoms with Crippen LogP contribution in [-0.4, -0.2) is 67.4 Å². The molecule has 2 heterocycles. The van der Waals surface area contributed by atoms with Gasteiger partial charge in [0.1, 0.15) is 5.82 Å². The summed E-state index contributed by atoms with van der Waals surface area (Å²) in [4.78, 5) is 32.5. The van der Waals surface area contributed by atoms with Gasteiger partial charge in [-0.15, -0.1) is 0 Å². The molecule has 0 aromatic carbocycles. The van der Waals surface area contributed by atoms with Gasteiger partial charge in [-0.25, -0.2) is 4.98 Å². The number of anilines is 1. The number of carbonyl (C=O) groups is 2. The zero-order chi connectivity index (χ0) is 13.8. The second kappa shape index (κ2) is 5.69. The zero-order valence-corrected chi connectivity index (χ0v) is 11.2. The van der Waals surface area contributed by atoms with Gasteiger partial charge in [-0.1, -0.05) is 0 Å². The quantitative estimate of drug-likeness (QED) is 0.723. The normalized spacial score (nSPS) is 15.3. The highest BCUT2D eigenvalue weighted by molar-refractivity contribution is 5.95. The minimum atomic E-state index is -0.00366. The summed E-state index contributed by atoms with van der Waals surface area (Å²) in [6.45, 7) is 2.36. The molecule has 1 saturated heterocycles. The summed E-state index contributed by atoms with van der Waals surface area (Å²) < 4.78 is 0. The van der Waals surface area contributed by atoms with Gasteiger partial charge in [0.15, 0.2) is 0 Å². The third-order valence-corrected chi connectivity index (χ3v) is 3.20. The van der Waals surface area contributed by atoms with Gasteiger partial charge < -0.3 is 14.7 Å². The first-order valence-corrected chi connectivity index (χ1v) is 6.24. The number of aromatic nitrogens is 1. The fraction of sp³-hybridized carbons (Fsp3) is 0.462. The van der Waals surface area contributed by atoms with E-state index in [0.29, 0.717) is 31.7 Å². The van der Waals surface area contributed by atoms with Crippen molar-refractivity contribution in [2.75, 3.05) is 45.2 Å². The molecule has 1 aliphatic heterocycles. The molecular formula is C13H18N4O2. The van der Waals surface area contributed by atoms with Crippen LogP contribution < -0.4 is 4.90 Å². The predicted molar refractivity (Wildman–Crippen MR) is 72.1 cm³/mol. The third-order valence-electron chi connectivity index (χ3n) is 3.20. The van der Waals surface area contributed by atoms with E-state index in [2.05, 4.69) is 4.98 Å². The lowest BCUT2D eigenvalue weighted by molar-refractivity contribution is -0.119. The number of rotatable bonds is 3. The molecule has 0 atom stereocenters. The lowest BCUT2D eigenvalue weighted by atomic mass is 10.2. The predicted octanol–water partition coefficient (Wildman–Crippen LogP) is 0.0618. The van der Waals surface area contributed by atoms with Crippen molar-refractivity contribution in [1.29, 1.82) is 0 Å². The molecule has 1 aliphatic rings. The monoisotopic (exact) mass is 262 g/mol. The molecule has 6 nitrogen and oxygen atoms in total. The molecule has 0 unspecified atom stereocenters. The summed E-state index contributed by atoms with van der Waals surface area (Å²) in [5.41, 5.74) is 0.637. The van der Waals surface area contributed by atoms with E-state index < -0.39 is 0 Å². The highest BCUT2D eigenvalue weighted by atomic mass is 16.2. The van der Waals surface area contributed by atoms with Gasteiger partial charge in [0.05, 0.1) is 0 Å². The number of amides is 2. The minimum absolute atomic E-state index is 0.00366. The second-order valence-corrected chi connectivity index (χ2v) is 4.73. The largest absolute Gasteiger partial charge is 0.363 e. The first-order chi connectivity index (χ1) is 9.11. The Bertz CT molecular complexity index is 467. The second-order valence-electron chi connectivity index (χ2n) is 4.73. The molecular weight excluding hydrogens is 244 g/mol. The molecule has 0 saturated carbocycles. The summed E-state index contributed by atoms with van der Waals surface area (Å²) in [6.07, 6.45) is 2.47. The maximum absolute atomic E-state index is 12.3. The molecule has 0 bridgehead atoms. The van der Waals surface area contributed by atoms with Crippen molar-refractivity contribution >= 4 is 18.1 Å². The maximum atomic E-state index is 12.3. The van der Waals surface area contributed by atoms with Gasteiger partial charge in [-0.3, -0.25) is 9.59 Å². The van der Waals surface area contributed by atoms with E-state index >= 15 is 0 Å². The van der Waals surface area contributed by atoms with Crippen molar-refractivity contribution in [3.05, 3.63) is 23.9 Å². The Morgan fingerprint density at radius 2 is 2.00 bits per heavy atom. The number of piperazine rings is 1. The minimum Gasteiger partial charge on any atom is -0.363 e. The van der Waals surface area contributed by atoms with Crippen molar-refractivity contribution in [3.63, 3.8) is 0 Å². The maximum Gasteiger partial charge on any atom is 0.254 e. The molecule has 2 amide bonds. The summed E-state index contributed by atoms with van der Waals surface area (Å²) >= 11 is 0. The van der Waals surface area contributed by atoms with Crippen LogP contribution in [0, 0.1) is 0 Å². The SMILES string of the molecule is CN(C)c1cc(C(=O)N2CCN(C=O)CC2)ccn1. The van der Waals surface area contributed by atoms with Crippen LogP contribution in [0.3, 0.4) is 0 Å². The summed E-state index contributed by atoms with van der Waals surface area (Å²) in [7, 11) is 3.78. The lowest BCUT2D eigenvalue weighted by Gasteiger charge is -2.32. The summed E-state index contributed by atoms with van der Waals surface area (Å²) in [5.74, 6) is 0.758. The molecule has 1 aromatic rings. The van der Waals surface area contributed by atoms with Crippen molar-refractivity contribution in [2.24, 2.45) is 0 Å². The third kappa shape index (κ3) is 3.01. The van der Waals surface area contributed by atoms with Gasteiger partial charge in [-0.05, 0) is 12.1 Å². The Labute approximate surface area is 112 Å². The first kappa shape index (κ1) is 13.3. The van der Waals surface area contributed by atoms with Crippen LogP contribution in [0.25, 0.3) is 0 Å². The molecule has 0 spiro atoms. The Balaban J connectivity index is 2.08. The van der Waals surface area contributed by atoms with Crippen LogP contribution in [0.1, 0.15) is 10.4 Å². The average molecular weight is 262 g/mol. The van der Waals surface area contributed by atoms with Gasteiger partial charge in [0, 0.05) is 52.0 Å². The van der Waals surface area contributed by atoms with E-state index in [0.717, 1.165) is 12.2 Å². The first-order valence-electron chi connectivity index (χ1n) is 6.24. The molecule has 1 aromatic heterocycles. The Morgan fingerprint density at radius 1 is 1.32 bits per heavy atom. The molecule has 6 heteroatoms. The van der Waals surface area contributed by atoms with E-state index in [9.17, 15) is 9.59 Å². The van der Waals surface area contributed by atoms with Crippen molar-refractivity contribution in [3.8, 4) is 0 Å². The van der Waals surface area contributed by atoms with Gasteiger partial charge in [-0.2, -0.15) is 0 Å². The van der Waals surface area contributed by atoms with Crippen LogP contribution in [0.5, 0.6) is 0 Å². The van der Waals surface area contributed by atoms with Gasteiger partial charge in [0.25, 0.3) is 5.91 Å². The van der Waals surface area contributed by atoms with Crippen LogP contribution >= 0.6 is 0 Å². The van der Waals surface area contributed by atoms with Crippen LogP contribution in [0.15, 0.2) is 18.3 Å². The van der Waals surface area contributed by atoms with E-state index in [-0.39, 0.29) is 5.91 Å².